The van der Waals surface area contributed by atoms with Gasteiger partial charge in [0.05, 0.1) is 13.2 Å². The van der Waals surface area contributed by atoms with Crippen molar-refractivity contribution >= 4 is 11.6 Å². The highest BCUT2D eigenvalue weighted by Crippen LogP contribution is 2.18. The summed E-state index contributed by atoms with van der Waals surface area (Å²) >= 11 is 0. The molecule has 1 atom stereocenters. The van der Waals surface area contributed by atoms with Crippen LogP contribution in [-0.2, 0) is 11.2 Å². The van der Waals surface area contributed by atoms with Gasteiger partial charge in [0.25, 0.3) is 0 Å². The molecule has 1 aliphatic heterocycles. The highest BCUT2D eigenvalue weighted by molar-refractivity contribution is 5.81. The first kappa shape index (κ1) is 20.1. The Labute approximate surface area is 166 Å². The van der Waals surface area contributed by atoms with Gasteiger partial charge in [0.1, 0.15) is 11.6 Å². The van der Waals surface area contributed by atoms with Crippen molar-refractivity contribution in [3.05, 3.63) is 59.9 Å². The molecule has 1 heterocycles. The fraction of sp³-hybridized carbons (Fsp3) is 0.409. The molecule has 0 saturated carbocycles. The lowest BCUT2D eigenvalue weighted by atomic mass is 10.1. The molecular weight excluding hydrogens is 357 g/mol. The van der Waals surface area contributed by atoms with E-state index in [4.69, 9.17) is 4.74 Å². The van der Waals surface area contributed by atoms with Crippen LogP contribution in [0.5, 0.6) is 5.75 Å². The first-order valence-corrected chi connectivity index (χ1v) is 9.72. The average Bonchev–Trinajstić information content (AvgIpc) is 2.74. The van der Waals surface area contributed by atoms with E-state index in [0.717, 1.165) is 44.0 Å². The molecule has 150 valence electrons. The Morgan fingerprint density at radius 2 is 1.71 bits per heavy atom. The van der Waals surface area contributed by atoms with E-state index in [1.807, 2.05) is 31.2 Å². The largest absolute Gasteiger partial charge is 0.497 e. The molecule has 0 radical (unpaired) electrons. The Hall–Kier alpha value is -2.60. The molecule has 1 saturated heterocycles. The molecule has 6 heteroatoms. The topological polar surface area (TPSA) is 44.8 Å². The lowest BCUT2D eigenvalue weighted by Crippen LogP contribution is -2.54. The van der Waals surface area contributed by atoms with Crippen LogP contribution < -0.4 is 15.0 Å². The summed E-state index contributed by atoms with van der Waals surface area (Å²) in [6, 6.07) is 14.3. The quantitative estimate of drug-likeness (QED) is 0.796. The van der Waals surface area contributed by atoms with Crippen molar-refractivity contribution in [2.24, 2.45) is 0 Å². The van der Waals surface area contributed by atoms with Crippen molar-refractivity contribution in [1.29, 1.82) is 0 Å². The van der Waals surface area contributed by atoms with Crippen LogP contribution >= 0.6 is 0 Å². The third kappa shape index (κ3) is 5.23. The molecule has 28 heavy (non-hydrogen) atoms. The number of carbonyl (C=O) groups excluding carboxylic acids is 1. The van der Waals surface area contributed by atoms with Crippen LogP contribution in [0, 0.1) is 5.82 Å². The van der Waals surface area contributed by atoms with Gasteiger partial charge in [-0.15, -0.1) is 0 Å². The standard InChI is InChI=1S/C22H28FN3O2/c1-17(22(27)24-12-11-18-3-9-21(28-2)10-4-18)25-13-15-26(16-14-25)20-7-5-19(23)6-8-20/h3-10,17H,11-16H2,1-2H3,(H,24,27)/t17-/m0/s1. The van der Waals surface area contributed by atoms with Crippen molar-refractivity contribution in [2.75, 3.05) is 44.7 Å². The summed E-state index contributed by atoms with van der Waals surface area (Å²) in [5.74, 6) is 0.673. The highest BCUT2D eigenvalue weighted by Gasteiger charge is 2.25. The van der Waals surface area contributed by atoms with Crippen molar-refractivity contribution in [2.45, 2.75) is 19.4 Å². The van der Waals surface area contributed by atoms with E-state index >= 15 is 0 Å². The number of rotatable bonds is 7. The lowest BCUT2D eigenvalue weighted by molar-refractivity contribution is -0.125. The molecule has 0 bridgehead atoms. The second-order valence-electron chi connectivity index (χ2n) is 7.06. The number of nitrogens with one attached hydrogen (secondary N) is 1. The van der Waals surface area contributed by atoms with Crippen molar-refractivity contribution in [3.63, 3.8) is 0 Å². The van der Waals surface area contributed by atoms with Gasteiger partial charge in [-0.3, -0.25) is 9.69 Å². The molecule has 0 unspecified atom stereocenters. The van der Waals surface area contributed by atoms with Crippen LogP contribution in [0.1, 0.15) is 12.5 Å². The molecule has 1 fully saturated rings. The van der Waals surface area contributed by atoms with Gasteiger partial charge in [0.2, 0.25) is 5.91 Å². The Morgan fingerprint density at radius 1 is 1.07 bits per heavy atom. The summed E-state index contributed by atoms with van der Waals surface area (Å²) in [5, 5.41) is 3.04. The molecule has 0 spiro atoms. The van der Waals surface area contributed by atoms with E-state index in [0.29, 0.717) is 6.54 Å². The highest BCUT2D eigenvalue weighted by atomic mass is 19.1. The van der Waals surface area contributed by atoms with Gasteiger partial charge in [-0.1, -0.05) is 12.1 Å². The van der Waals surface area contributed by atoms with Gasteiger partial charge < -0.3 is 15.0 Å². The minimum Gasteiger partial charge on any atom is -0.497 e. The second kappa shape index (κ2) is 9.55. The predicted molar refractivity (Wildman–Crippen MR) is 109 cm³/mol. The van der Waals surface area contributed by atoms with Crippen LogP contribution in [0.3, 0.4) is 0 Å². The fourth-order valence-electron chi connectivity index (χ4n) is 3.46. The summed E-state index contributed by atoms with van der Waals surface area (Å²) in [5.41, 5.74) is 2.19. The monoisotopic (exact) mass is 385 g/mol. The maximum atomic E-state index is 13.1. The molecule has 1 N–H and O–H groups in total. The van der Waals surface area contributed by atoms with Gasteiger partial charge >= 0.3 is 0 Å². The van der Waals surface area contributed by atoms with E-state index in [9.17, 15) is 9.18 Å². The van der Waals surface area contributed by atoms with Gasteiger partial charge in [-0.25, -0.2) is 4.39 Å². The lowest BCUT2D eigenvalue weighted by Gasteiger charge is -2.38. The van der Waals surface area contributed by atoms with E-state index in [-0.39, 0.29) is 17.8 Å². The summed E-state index contributed by atoms with van der Waals surface area (Å²) < 4.78 is 18.2. The number of hydrogen-bond donors (Lipinski definition) is 1. The second-order valence-corrected chi connectivity index (χ2v) is 7.06. The number of nitrogens with zero attached hydrogens (tertiary/aromatic N) is 2. The summed E-state index contributed by atoms with van der Waals surface area (Å²) in [7, 11) is 1.65. The predicted octanol–water partition coefficient (Wildman–Crippen LogP) is 2.70. The molecule has 1 aliphatic rings. The van der Waals surface area contributed by atoms with Crippen molar-refractivity contribution in [1.82, 2.24) is 10.2 Å². The van der Waals surface area contributed by atoms with Crippen LogP contribution in [0.4, 0.5) is 10.1 Å². The zero-order chi connectivity index (χ0) is 19.9. The number of carbonyl (C=O) groups is 1. The third-order valence-corrected chi connectivity index (χ3v) is 5.31. The van der Waals surface area contributed by atoms with Crippen molar-refractivity contribution < 1.29 is 13.9 Å². The zero-order valence-electron chi connectivity index (χ0n) is 16.5. The van der Waals surface area contributed by atoms with Crippen LogP contribution in [0.2, 0.25) is 0 Å². The van der Waals surface area contributed by atoms with E-state index in [1.165, 1.54) is 17.7 Å². The van der Waals surface area contributed by atoms with Crippen LogP contribution in [-0.4, -0.2) is 56.7 Å². The fourth-order valence-corrected chi connectivity index (χ4v) is 3.46. The number of methoxy groups -OCH3 is 1. The minimum absolute atomic E-state index is 0.0590. The molecule has 0 aromatic heterocycles. The normalized spacial score (nSPS) is 15.9. The van der Waals surface area contributed by atoms with Gasteiger partial charge in [0.15, 0.2) is 0 Å². The van der Waals surface area contributed by atoms with E-state index in [1.54, 1.807) is 19.2 Å². The molecule has 0 aliphatic carbocycles. The number of benzene rings is 2. The number of ether oxygens (including phenoxy) is 1. The smallest absolute Gasteiger partial charge is 0.237 e. The molecule has 3 rings (SSSR count). The minimum atomic E-state index is -0.220. The van der Waals surface area contributed by atoms with Crippen molar-refractivity contribution in [3.8, 4) is 5.75 Å². The summed E-state index contributed by atoms with van der Waals surface area (Å²) in [4.78, 5) is 16.9. The van der Waals surface area contributed by atoms with Gasteiger partial charge in [-0.05, 0) is 55.3 Å². The molecule has 2 aromatic rings. The Bertz CT molecular complexity index is 756. The number of piperazine rings is 1. The summed E-state index contributed by atoms with van der Waals surface area (Å²) in [6.45, 7) is 5.85. The zero-order valence-corrected chi connectivity index (χ0v) is 16.5. The Kier molecular flexibility index (Phi) is 6.87. The van der Waals surface area contributed by atoms with Crippen LogP contribution in [0.15, 0.2) is 48.5 Å². The SMILES string of the molecule is COc1ccc(CCNC(=O)[C@H](C)N2CCN(c3ccc(F)cc3)CC2)cc1. The molecule has 5 nitrogen and oxygen atoms in total. The van der Waals surface area contributed by atoms with Crippen LogP contribution in [0.25, 0.3) is 0 Å². The number of anilines is 1. The summed E-state index contributed by atoms with van der Waals surface area (Å²) in [6.07, 6.45) is 0.792. The van der Waals surface area contributed by atoms with E-state index < -0.39 is 0 Å². The van der Waals surface area contributed by atoms with Gasteiger partial charge in [0, 0.05) is 38.4 Å². The Balaban J connectivity index is 1.41. The maximum absolute atomic E-state index is 13.1. The number of hydrogen-bond acceptors (Lipinski definition) is 4. The Morgan fingerprint density at radius 3 is 2.32 bits per heavy atom. The van der Waals surface area contributed by atoms with Gasteiger partial charge in [-0.2, -0.15) is 0 Å². The first-order valence-electron chi connectivity index (χ1n) is 9.72. The van der Waals surface area contributed by atoms with E-state index in [2.05, 4.69) is 15.1 Å². The first-order chi connectivity index (χ1) is 13.6. The third-order valence-electron chi connectivity index (χ3n) is 5.31. The molecular formula is C22H28FN3O2. The maximum Gasteiger partial charge on any atom is 0.237 e. The number of amides is 1. The number of halogens is 1. The molecule has 1 amide bonds. The molecule has 2 aromatic carbocycles. The average molecular weight is 385 g/mol.